The molecule has 1 aromatic heterocycles. The Kier molecular flexibility index (Phi) is 8.04. The largest absolute Gasteiger partial charge is 0.508 e. The number of imidazole rings is 1. The summed E-state index contributed by atoms with van der Waals surface area (Å²) in [6, 6.07) is 2.78. The molecule has 2 aromatic rings. The van der Waals surface area contributed by atoms with E-state index < -0.39 is 35.9 Å². The number of rotatable bonds is 10. The number of nitrogens with zero attached hydrogens (tertiary/aromatic N) is 1. The first-order valence-electron chi connectivity index (χ1n) is 8.75. The lowest BCUT2D eigenvalue weighted by Gasteiger charge is -2.21. The van der Waals surface area contributed by atoms with E-state index in [-0.39, 0.29) is 24.3 Å². The molecule has 10 nitrogen and oxygen atoms in total. The number of nitrogens with one attached hydrogen (secondary N) is 3. The van der Waals surface area contributed by atoms with E-state index >= 15 is 0 Å². The Morgan fingerprint density at radius 3 is 2.31 bits per heavy atom. The summed E-state index contributed by atoms with van der Waals surface area (Å²) in [5, 5.41) is 23.6. The second kappa shape index (κ2) is 10.5. The van der Waals surface area contributed by atoms with Crippen molar-refractivity contribution in [3.05, 3.63) is 48.0 Å². The number of phenols is 1. The molecule has 0 aliphatic carbocycles. The Morgan fingerprint density at radius 1 is 1.10 bits per heavy atom. The second-order valence-corrected chi connectivity index (χ2v) is 6.77. The number of aliphatic carboxylic acids is 1. The van der Waals surface area contributed by atoms with Crippen LogP contribution in [0.5, 0.6) is 5.75 Å². The van der Waals surface area contributed by atoms with Gasteiger partial charge in [-0.3, -0.25) is 9.59 Å². The van der Waals surface area contributed by atoms with E-state index in [1.165, 1.54) is 24.7 Å². The van der Waals surface area contributed by atoms with Crippen LogP contribution in [0.15, 0.2) is 36.8 Å². The third-order valence-corrected chi connectivity index (χ3v) is 4.50. The fourth-order valence-electron chi connectivity index (χ4n) is 2.54. The summed E-state index contributed by atoms with van der Waals surface area (Å²) in [4.78, 5) is 42.9. The number of aromatic nitrogens is 2. The maximum atomic E-state index is 12.5. The number of carbonyl (C=O) groups is 3. The summed E-state index contributed by atoms with van der Waals surface area (Å²) >= 11 is 4.06. The van der Waals surface area contributed by atoms with Crippen LogP contribution < -0.4 is 16.4 Å². The highest BCUT2D eigenvalue weighted by atomic mass is 32.1. The molecule has 0 radical (unpaired) electrons. The third kappa shape index (κ3) is 6.80. The van der Waals surface area contributed by atoms with Crippen molar-refractivity contribution in [1.29, 1.82) is 0 Å². The van der Waals surface area contributed by atoms with E-state index in [2.05, 4.69) is 33.2 Å². The molecule has 3 atom stereocenters. The van der Waals surface area contributed by atoms with E-state index in [0.717, 1.165) is 0 Å². The van der Waals surface area contributed by atoms with Gasteiger partial charge in [-0.05, 0) is 17.7 Å². The van der Waals surface area contributed by atoms with Crippen LogP contribution in [0.4, 0.5) is 0 Å². The van der Waals surface area contributed by atoms with Gasteiger partial charge < -0.3 is 31.6 Å². The van der Waals surface area contributed by atoms with E-state index in [1.807, 2.05) is 0 Å². The van der Waals surface area contributed by atoms with Gasteiger partial charge >= 0.3 is 5.97 Å². The summed E-state index contributed by atoms with van der Waals surface area (Å²) < 4.78 is 0. The normalized spacial score (nSPS) is 13.9. The van der Waals surface area contributed by atoms with Gasteiger partial charge in [0.05, 0.1) is 12.4 Å². The van der Waals surface area contributed by atoms with Crippen molar-refractivity contribution in [3.63, 3.8) is 0 Å². The standard InChI is InChI=1S/C18H23N5O5S/c19-13(6-11-7-20-9-21-11)16(25)23-15(8-29)17(26)22-14(18(27)28)5-10-1-3-12(24)4-2-10/h1-4,7,9,13-15,24,29H,5-6,8,19H2,(H,20,21)(H,22,26)(H,23,25)(H,27,28). The summed E-state index contributed by atoms with van der Waals surface area (Å²) in [5.41, 5.74) is 7.12. The minimum Gasteiger partial charge on any atom is -0.508 e. The van der Waals surface area contributed by atoms with Crippen LogP contribution in [0, 0.1) is 0 Å². The molecule has 0 spiro atoms. The predicted molar refractivity (Wildman–Crippen MR) is 107 cm³/mol. The number of amides is 2. The zero-order valence-corrected chi connectivity index (χ0v) is 16.3. The van der Waals surface area contributed by atoms with Crippen LogP contribution >= 0.6 is 12.6 Å². The Morgan fingerprint density at radius 2 is 1.76 bits per heavy atom. The summed E-state index contributed by atoms with van der Waals surface area (Å²) in [6.45, 7) is 0. The van der Waals surface area contributed by atoms with Gasteiger partial charge in [-0.1, -0.05) is 12.1 Å². The number of hydrogen-bond donors (Lipinski definition) is 7. The van der Waals surface area contributed by atoms with Crippen molar-refractivity contribution >= 4 is 30.4 Å². The van der Waals surface area contributed by atoms with Crippen molar-refractivity contribution in [2.75, 3.05) is 5.75 Å². The smallest absolute Gasteiger partial charge is 0.326 e. The Labute approximate surface area is 172 Å². The van der Waals surface area contributed by atoms with Gasteiger partial charge in [0.25, 0.3) is 0 Å². The number of carboxylic acid groups (broad SMARTS) is 1. The summed E-state index contributed by atoms with van der Waals surface area (Å²) in [6.07, 6.45) is 3.21. The van der Waals surface area contributed by atoms with Crippen LogP contribution in [-0.2, 0) is 27.2 Å². The molecule has 0 saturated heterocycles. The average Bonchev–Trinajstić information content (AvgIpc) is 3.19. The minimum atomic E-state index is -1.23. The Hall–Kier alpha value is -3.05. The molecule has 0 fully saturated rings. The number of nitrogens with two attached hydrogens (primary N) is 1. The Balaban J connectivity index is 1.95. The van der Waals surface area contributed by atoms with Crippen molar-refractivity contribution in [2.24, 2.45) is 5.73 Å². The van der Waals surface area contributed by atoms with E-state index in [1.54, 1.807) is 12.1 Å². The molecular formula is C18H23N5O5S. The highest BCUT2D eigenvalue weighted by Crippen LogP contribution is 2.11. The number of benzene rings is 1. The van der Waals surface area contributed by atoms with Gasteiger partial charge in [-0.2, -0.15) is 12.6 Å². The summed E-state index contributed by atoms with van der Waals surface area (Å²) in [5.74, 6) is -2.48. The minimum absolute atomic E-state index is 0.00787. The van der Waals surface area contributed by atoms with Gasteiger partial charge in [0.2, 0.25) is 11.8 Å². The molecule has 7 N–H and O–H groups in total. The van der Waals surface area contributed by atoms with Gasteiger partial charge in [0.15, 0.2) is 0 Å². The number of carbonyl (C=O) groups excluding carboxylic acids is 2. The molecule has 0 saturated carbocycles. The first-order valence-corrected chi connectivity index (χ1v) is 9.38. The zero-order valence-electron chi connectivity index (χ0n) is 15.4. The fourth-order valence-corrected chi connectivity index (χ4v) is 2.80. The van der Waals surface area contributed by atoms with Crippen molar-refractivity contribution in [1.82, 2.24) is 20.6 Å². The maximum Gasteiger partial charge on any atom is 0.326 e. The first kappa shape index (κ1) is 22.2. The van der Waals surface area contributed by atoms with E-state index in [0.29, 0.717) is 11.3 Å². The van der Waals surface area contributed by atoms with Gasteiger partial charge in [0, 0.05) is 30.5 Å². The quantitative estimate of drug-likeness (QED) is 0.246. The lowest BCUT2D eigenvalue weighted by Crippen LogP contribution is -2.55. The summed E-state index contributed by atoms with van der Waals surface area (Å²) in [7, 11) is 0. The third-order valence-electron chi connectivity index (χ3n) is 4.14. The molecule has 11 heteroatoms. The molecule has 0 bridgehead atoms. The number of carboxylic acids is 1. The van der Waals surface area contributed by atoms with Crippen LogP contribution in [0.3, 0.4) is 0 Å². The second-order valence-electron chi connectivity index (χ2n) is 6.40. The molecule has 1 aromatic carbocycles. The monoisotopic (exact) mass is 421 g/mol. The number of thiol groups is 1. The molecule has 2 rings (SSSR count). The molecule has 29 heavy (non-hydrogen) atoms. The van der Waals surface area contributed by atoms with Gasteiger partial charge in [-0.25, -0.2) is 9.78 Å². The predicted octanol–water partition coefficient (Wildman–Crippen LogP) is -0.788. The van der Waals surface area contributed by atoms with Crippen LogP contribution in [0.25, 0.3) is 0 Å². The van der Waals surface area contributed by atoms with Gasteiger partial charge in [0.1, 0.15) is 17.8 Å². The van der Waals surface area contributed by atoms with E-state index in [4.69, 9.17) is 5.73 Å². The Bertz CT molecular complexity index is 828. The highest BCUT2D eigenvalue weighted by molar-refractivity contribution is 7.80. The first-order chi connectivity index (χ1) is 13.8. The number of aromatic amines is 1. The number of hydrogen-bond acceptors (Lipinski definition) is 7. The number of aromatic hydroxyl groups is 1. The van der Waals surface area contributed by atoms with Crippen LogP contribution in [-0.4, -0.2) is 61.8 Å². The lowest BCUT2D eigenvalue weighted by molar-refractivity contribution is -0.142. The van der Waals surface area contributed by atoms with Crippen LogP contribution in [0.2, 0.25) is 0 Å². The molecular weight excluding hydrogens is 398 g/mol. The van der Waals surface area contributed by atoms with Crippen molar-refractivity contribution in [2.45, 2.75) is 31.0 Å². The molecule has 2 amide bonds. The molecule has 1 heterocycles. The van der Waals surface area contributed by atoms with Crippen molar-refractivity contribution in [3.8, 4) is 5.75 Å². The maximum absolute atomic E-state index is 12.5. The fraction of sp³-hybridized carbons (Fsp3) is 0.333. The number of H-pyrrole nitrogens is 1. The van der Waals surface area contributed by atoms with Gasteiger partial charge in [-0.15, -0.1) is 0 Å². The zero-order chi connectivity index (χ0) is 21.4. The molecule has 156 valence electrons. The molecule has 0 aliphatic rings. The van der Waals surface area contributed by atoms with Crippen molar-refractivity contribution < 1.29 is 24.6 Å². The van der Waals surface area contributed by atoms with E-state index in [9.17, 15) is 24.6 Å². The van der Waals surface area contributed by atoms with Crippen LogP contribution in [0.1, 0.15) is 11.3 Å². The highest BCUT2D eigenvalue weighted by Gasteiger charge is 2.27. The lowest BCUT2D eigenvalue weighted by atomic mass is 10.1. The average molecular weight is 421 g/mol. The SMILES string of the molecule is NC(Cc1cnc[nH]1)C(=O)NC(CS)C(=O)NC(Cc1ccc(O)cc1)C(=O)O. The molecule has 3 unspecified atom stereocenters. The topological polar surface area (TPSA) is 170 Å². The molecule has 0 aliphatic heterocycles. The number of phenolic OH excluding ortho intramolecular Hbond substituents is 1.